The van der Waals surface area contributed by atoms with Gasteiger partial charge in [-0.2, -0.15) is 5.26 Å². The molecule has 0 aromatic heterocycles. The Hall–Kier alpha value is -1.04. The molecule has 1 atom stereocenters. The van der Waals surface area contributed by atoms with Crippen molar-refractivity contribution in [3.8, 4) is 6.07 Å². The summed E-state index contributed by atoms with van der Waals surface area (Å²) in [7, 11) is 1.85. The molecule has 1 unspecified atom stereocenters. The van der Waals surface area contributed by atoms with Gasteiger partial charge in [0.15, 0.2) is 0 Å². The van der Waals surface area contributed by atoms with E-state index in [1.807, 2.05) is 14.0 Å². The lowest BCUT2D eigenvalue weighted by molar-refractivity contribution is -0.134. The van der Waals surface area contributed by atoms with E-state index in [1.54, 1.807) is 4.90 Å². The van der Waals surface area contributed by atoms with E-state index in [-0.39, 0.29) is 5.91 Å². The van der Waals surface area contributed by atoms with Gasteiger partial charge in [-0.05, 0) is 19.3 Å². The number of amides is 1. The summed E-state index contributed by atoms with van der Waals surface area (Å²) in [6, 6.07) is 2.50. The topological polar surface area (TPSA) is 44.1 Å². The highest BCUT2D eigenvalue weighted by Crippen LogP contribution is 2.24. The Labute approximate surface area is 92.1 Å². The quantitative estimate of drug-likeness (QED) is 0.711. The number of carbonyl (C=O) groups is 1. The lowest BCUT2D eigenvalue weighted by Crippen LogP contribution is -2.39. The van der Waals surface area contributed by atoms with Crippen LogP contribution in [0.15, 0.2) is 0 Å². The van der Waals surface area contributed by atoms with Crippen LogP contribution in [0.4, 0.5) is 0 Å². The minimum absolute atomic E-state index is 0.0197. The molecule has 0 aromatic rings. The molecule has 0 spiro atoms. The first kappa shape index (κ1) is 12.0. The molecule has 1 aliphatic rings. The number of nitriles is 1. The van der Waals surface area contributed by atoms with Crippen molar-refractivity contribution in [2.75, 3.05) is 7.05 Å². The molecular formula is C12H20N2O. The van der Waals surface area contributed by atoms with Gasteiger partial charge in [0.1, 0.15) is 5.92 Å². The molecule has 1 amide bonds. The fraction of sp³-hybridized carbons (Fsp3) is 0.833. The average Bonchev–Trinajstić information content (AvgIpc) is 2.77. The van der Waals surface area contributed by atoms with Crippen molar-refractivity contribution >= 4 is 5.91 Å². The molecule has 1 rings (SSSR count). The average molecular weight is 208 g/mol. The van der Waals surface area contributed by atoms with Gasteiger partial charge in [-0.1, -0.05) is 26.2 Å². The third kappa shape index (κ3) is 2.95. The van der Waals surface area contributed by atoms with Gasteiger partial charge in [0.05, 0.1) is 6.07 Å². The maximum absolute atomic E-state index is 12.0. The summed E-state index contributed by atoms with van der Waals surface area (Å²) in [5.74, 6) is -0.410. The number of rotatable bonds is 4. The molecule has 1 saturated carbocycles. The number of nitrogens with zero attached hydrogens (tertiary/aromatic N) is 2. The van der Waals surface area contributed by atoms with Crippen molar-refractivity contribution in [2.45, 2.75) is 51.5 Å². The monoisotopic (exact) mass is 208 g/mol. The minimum atomic E-state index is -0.430. The van der Waals surface area contributed by atoms with Gasteiger partial charge < -0.3 is 4.90 Å². The summed E-state index contributed by atoms with van der Waals surface area (Å²) in [5.41, 5.74) is 0. The van der Waals surface area contributed by atoms with Crippen LogP contribution in [0, 0.1) is 17.2 Å². The molecule has 1 aliphatic carbocycles. The maximum atomic E-state index is 12.0. The van der Waals surface area contributed by atoms with Crippen molar-refractivity contribution in [3.05, 3.63) is 0 Å². The lowest BCUT2D eigenvalue weighted by atomic mass is 10.0. The Morgan fingerprint density at radius 1 is 1.53 bits per heavy atom. The van der Waals surface area contributed by atoms with E-state index < -0.39 is 5.92 Å². The molecule has 0 N–H and O–H groups in total. The van der Waals surface area contributed by atoms with Crippen molar-refractivity contribution in [1.29, 1.82) is 5.26 Å². The third-order valence-electron chi connectivity index (χ3n) is 3.25. The zero-order valence-electron chi connectivity index (χ0n) is 9.70. The highest BCUT2D eigenvalue weighted by Gasteiger charge is 2.27. The Kier molecular flexibility index (Phi) is 4.61. The van der Waals surface area contributed by atoms with E-state index in [0.29, 0.717) is 12.5 Å². The van der Waals surface area contributed by atoms with Crippen LogP contribution in [0.3, 0.4) is 0 Å². The molecule has 84 valence electrons. The second-order valence-corrected chi connectivity index (χ2v) is 4.36. The zero-order chi connectivity index (χ0) is 11.3. The normalized spacial score (nSPS) is 18.5. The van der Waals surface area contributed by atoms with E-state index in [1.165, 1.54) is 12.8 Å². The lowest BCUT2D eigenvalue weighted by Gasteiger charge is -2.26. The van der Waals surface area contributed by atoms with Crippen LogP contribution >= 0.6 is 0 Å². The summed E-state index contributed by atoms with van der Waals surface area (Å²) in [4.78, 5) is 13.8. The molecular weight excluding hydrogens is 188 g/mol. The molecule has 1 fully saturated rings. The fourth-order valence-corrected chi connectivity index (χ4v) is 2.25. The third-order valence-corrected chi connectivity index (χ3v) is 3.25. The van der Waals surface area contributed by atoms with Gasteiger partial charge in [-0.15, -0.1) is 0 Å². The van der Waals surface area contributed by atoms with Gasteiger partial charge in [0.2, 0.25) is 5.91 Å². The molecule has 3 nitrogen and oxygen atoms in total. The molecule has 0 saturated heterocycles. The van der Waals surface area contributed by atoms with Gasteiger partial charge in [0, 0.05) is 13.1 Å². The summed E-state index contributed by atoms with van der Waals surface area (Å²) < 4.78 is 0. The van der Waals surface area contributed by atoms with Crippen molar-refractivity contribution < 1.29 is 4.79 Å². The molecule has 15 heavy (non-hydrogen) atoms. The first-order valence-electron chi connectivity index (χ1n) is 5.87. The Morgan fingerprint density at radius 2 is 2.13 bits per heavy atom. The van der Waals surface area contributed by atoms with E-state index in [0.717, 1.165) is 19.3 Å². The molecule has 3 heteroatoms. The molecule has 0 aromatic carbocycles. The summed E-state index contributed by atoms with van der Waals surface area (Å²) in [6.07, 6.45) is 6.22. The maximum Gasteiger partial charge on any atom is 0.239 e. The Morgan fingerprint density at radius 3 is 2.60 bits per heavy atom. The van der Waals surface area contributed by atoms with Crippen LogP contribution in [-0.2, 0) is 4.79 Å². The molecule has 0 bridgehead atoms. The Bertz CT molecular complexity index is 251. The van der Waals surface area contributed by atoms with E-state index in [4.69, 9.17) is 5.26 Å². The highest BCUT2D eigenvalue weighted by molar-refractivity contribution is 5.81. The van der Waals surface area contributed by atoms with E-state index >= 15 is 0 Å². The van der Waals surface area contributed by atoms with Gasteiger partial charge in [-0.25, -0.2) is 0 Å². The van der Waals surface area contributed by atoms with Crippen LogP contribution in [0.5, 0.6) is 0 Å². The summed E-state index contributed by atoms with van der Waals surface area (Å²) in [6.45, 7) is 2.01. The van der Waals surface area contributed by atoms with Crippen LogP contribution in [-0.4, -0.2) is 23.9 Å². The van der Waals surface area contributed by atoms with Crippen molar-refractivity contribution in [1.82, 2.24) is 4.90 Å². The van der Waals surface area contributed by atoms with E-state index in [9.17, 15) is 4.79 Å². The molecule has 0 radical (unpaired) electrons. The summed E-state index contributed by atoms with van der Waals surface area (Å²) in [5, 5.41) is 8.92. The van der Waals surface area contributed by atoms with Crippen LogP contribution < -0.4 is 0 Å². The van der Waals surface area contributed by atoms with Gasteiger partial charge >= 0.3 is 0 Å². The standard InChI is InChI=1S/C12H20N2O/c1-3-6-10(9-13)12(15)14(2)11-7-4-5-8-11/h10-11H,3-8H2,1-2H3. The van der Waals surface area contributed by atoms with Crippen molar-refractivity contribution in [2.24, 2.45) is 5.92 Å². The van der Waals surface area contributed by atoms with Crippen LogP contribution in [0.2, 0.25) is 0 Å². The van der Waals surface area contributed by atoms with Crippen LogP contribution in [0.25, 0.3) is 0 Å². The van der Waals surface area contributed by atoms with Crippen molar-refractivity contribution in [3.63, 3.8) is 0 Å². The Balaban J connectivity index is 2.53. The summed E-state index contributed by atoms with van der Waals surface area (Å²) >= 11 is 0. The molecule has 0 aliphatic heterocycles. The van der Waals surface area contributed by atoms with Gasteiger partial charge in [0.25, 0.3) is 0 Å². The minimum Gasteiger partial charge on any atom is -0.342 e. The molecule has 0 heterocycles. The first-order valence-corrected chi connectivity index (χ1v) is 5.87. The van der Waals surface area contributed by atoms with Crippen LogP contribution in [0.1, 0.15) is 45.4 Å². The zero-order valence-corrected chi connectivity index (χ0v) is 9.70. The number of carbonyl (C=O) groups excluding carboxylic acids is 1. The predicted molar refractivity (Wildman–Crippen MR) is 59.0 cm³/mol. The predicted octanol–water partition coefficient (Wildman–Crippen LogP) is 2.33. The van der Waals surface area contributed by atoms with E-state index in [2.05, 4.69) is 6.07 Å². The number of hydrogen-bond acceptors (Lipinski definition) is 2. The van der Waals surface area contributed by atoms with Gasteiger partial charge in [-0.3, -0.25) is 4.79 Å². The largest absolute Gasteiger partial charge is 0.342 e. The second kappa shape index (κ2) is 5.75. The highest BCUT2D eigenvalue weighted by atomic mass is 16.2. The SMILES string of the molecule is CCCC(C#N)C(=O)N(C)C1CCCC1. The number of hydrogen-bond donors (Lipinski definition) is 0. The second-order valence-electron chi connectivity index (χ2n) is 4.36. The first-order chi connectivity index (χ1) is 7.20. The smallest absolute Gasteiger partial charge is 0.239 e. The fourth-order valence-electron chi connectivity index (χ4n) is 2.25.